The van der Waals surface area contributed by atoms with Gasteiger partial charge in [0.05, 0.1) is 27.4 Å². The van der Waals surface area contributed by atoms with E-state index in [1.54, 1.807) is 18.2 Å². The minimum absolute atomic E-state index is 0.0298. The molecule has 144 valence electrons. The molecule has 0 saturated heterocycles. The van der Waals surface area contributed by atoms with Crippen LogP contribution in [0.2, 0.25) is 5.02 Å². The van der Waals surface area contributed by atoms with Gasteiger partial charge in [-0.1, -0.05) is 23.7 Å². The monoisotopic (exact) mass is 409 g/mol. The van der Waals surface area contributed by atoms with E-state index in [4.69, 9.17) is 11.6 Å². The van der Waals surface area contributed by atoms with Crippen LogP contribution in [0.15, 0.2) is 60.9 Å². The fourth-order valence-corrected chi connectivity index (χ4v) is 2.80. The molecule has 0 fully saturated rings. The van der Waals surface area contributed by atoms with E-state index in [2.05, 4.69) is 25.6 Å². The number of aromatic nitrogens is 5. The first-order valence-corrected chi connectivity index (χ1v) is 8.67. The Morgan fingerprint density at radius 2 is 1.93 bits per heavy atom. The summed E-state index contributed by atoms with van der Waals surface area (Å²) < 4.78 is 1.44. The first-order chi connectivity index (χ1) is 14.0. The number of H-pyrrole nitrogens is 1. The van der Waals surface area contributed by atoms with Gasteiger partial charge in [-0.2, -0.15) is 10.1 Å². The molecule has 1 amide bonds. The van der Waals surface area contributed by atoms with Crippen molar-refractivity contribution in [1.82, 2.24) is 25.0 Å². The van der Waals surface area contributed by atoms with Crippen LogP contribution in [-0.4, -0.2) is 35.8 Å². The average Bonchev–Trinajstić information content (AvgIpc) is 3.38. The summed E-state index contributed by atoms with van der Waals surface area (Å²) in [4.78, 5) is 26.9. The summed E-state index contributed by atoms with van der Waals surface area (Å²) in [7, 11) is 0. The lowest BCUT2D eigenvalue weighted by molar-refractivity contribution is -0.384. The SMILES string of the molecule is O=C(Nc1n[nH]c(-c2ccccc2Cl)n1)c1cnn(-c2ccc([N+](=O)[O-])cc2)c1. The number of non-ortho nitro benzene ring substituents is 1. The molecular weight excluding hydrogens is 398 g/mol. The van der Waals surface area contributed by atoms with E-state index in [9.17, 15) is 14.9 Å². The number of hydrogen-bond acceptors (Lipinski definition) is 6. The minimum atomic E-state index is -0.487. The second-order valence-corrected chi connectivity index (χ2v) is 6.30. The lowest BCUT2D eigenvalue weighted by Gasteiger charge is -2.00. The highest BCUT2D eigenvalue weighted by molar-refractivity contribution is 6.33. The van der Waals surface area contributed by atoms with Gasteiger partial charge < -0.3 is 0 Å². The highest BCUT2D eigenvalue weighted by Gasteiger charge is 2.14. The van der Waals surface area contributed by atoms with Gasteiger partial charge in [0.2, 0.25) is 5.95 Å². The second-order valence-electron chi connectivity index (χ2n) is 5.89. The summed E-state index contributed by atoms with van der Waals surface area (Å²) in [5.74, 6) is 0.0587. The molecule has 0 aliphatic rings. The molecule has 0 unspecified atom stereocenters. The Morgan fingerprint density at radius 1 is 1.17 bits per heavy atom. The smallest absolute Gasteiger partial charge is 0.269 e. The van der Waals surface area contributed by atoms with Crippen LogP contribution in [0, 0.1) is 10.1 Å². The van der Waals surface area contributed by atoms with Crippen molar-refractivity contribution in [2.75, 3.05) is 5.32 Å². The molecule has 4 rings (SSSR count). The molecule has 29 heavy (non-hydrogen) atoms. The number of hydrogen-bond donors (Lipinski definition) is 2. The molecule has 0 aliphatic heterocycles. The van der Waals surface area contributed by atoms with Crippen molar-refractivity contribution in [1.29, 1.82) is 0 Å². The maximum Gasteiger partial charge on any atom is 0.269 e. The summed E-state index contributed by atoms with van der Waals surface area (Å²) in [6.07, 6.45) is 2.87. The molecule has 4 aromatic rings. The van der Waals surface area contributed by atoms with Crippen LogP contribution in [0.5, 0.6) is 0 Å². The lowest BCUT2D eigenvalue weighted by Crippen LogP contribution is -2.12. The molecule has 2 heterocycles. The summed E-state index contributed by atoms with van der Waals surface area (Å²) in [6.45, 7) is 0. The number of amides is 1. The third kappa shape index (κ3) is 3.82. The number of nitro benzene ring substituents is 1. The molecule has 0 radical (unpaired) electrons. The molecule has 2 N–H and O–H groups in total. The number of halogens is 1. The summed E-state index contributed by atoms with van der Waals surface area (Å²) in [5.41, 5.74) is 1.48. The predicted octanol–water partition coefficient (Wildman–Crippen LogP) is 3.47. The molecule has 2 aromatic heterocycles. The van der Waals surface area contributed by atoms with Crippen molar-refractivity contribution >= 4 is 29.1 Å². The maximum atomic E-state index is 12.4. The van der Waals surface area contributed by atoms with Gasteiger partial charge in [0, 0.05) is 23.9 Å². The van der Waals surface area contributed by atoms with Crippen molar-refractivity contribution in [3.63, 3.8) is 0 Å². The van der Waals surface area contributed by atoms with Crippen LogP contribution in [0.4, 0.5) is 11.6 Å². The van der Waals surface area contributed by atoms with Crippen LogP contribution in [0.1, 0.15) is 10.4 Å². The molecule has 2 aromatic carbocycles. The van der Waals surface area contributed by atoms with Gasteiger partial charge in [0.15, 0.2) is 5.82 Å². The van der Waals surface area contributed by atoms with E-state index in [1.165, 1.54) is 41.3 Å². The molecule has 0 saturated carbocycles. The van der Waals surface area contributed by atoms with Crippen LogP contribution < -0.4 is 5.32 Å². The van der Waals surface area contributed by atoms with Gasteiger partial charge >= 0.3 is 0 Å². The van der Waals surface area contributed by atoms with E-state index in [1.807, 2.05) is 6.07 Å². The zero-order valence-corrected chi connectivity index (χ0v) is 15.4. The summed E-state index contributed by atoms with van der Waals surface area (Å²) in [6, 6.07) is 12.9. The Balaban J connectivity index is 1.49. The quantitative estimate of drug-likeness (QED) is 0.383. The van der Waals surface area contributed by atoms with Crippen molar-refractivity contribution < 1.29 is 9.72 Å². The van der Waals surface area contributed by atoms with E-state index in [0.29, 0.717) is 22.1 Å². The van der Waals surface area contributed by atoms with E-state index >= 15 is 0 Å². The largest absolute Gasteiger partial charge is 0.289 e. The molecule has 10 nitrogen and oxygen atoms in total. The molecular formula is C18H12ClN7O3. The third-order valence-electron chi connectivity index (χ3n) is 4.01. The van der Waals surface area contributed by atoms with Gasteiger partial charge in [0.1, 0.15) is 0 Å². The molecule has 0 spiro atoms. The number of nitrogens with one attached hydrogen (secondary N) is 2. The fourth-order valence-electron chi connectivity index (χ4n) is 2.57. The van der Waals surface area contributed by atoms with E-state index in [-0.39, 0.29) is 17.2 Å². The number of nitro groups is 1. The Bertz CT molecular complexity index is 1200. The number of rotatable bonds is 5. The third-order valence-corrected chi connectivity index (χ3v) is 4.34. The maximum absolute atomic E-state index is 12.4. The topological polar surface area (TPSA) is 132 Å². The van der Waals surface area contributed by atoms with Crippen LogP contribution >= 0.6 is 11.6 Å². The molecule has 0 atom stereocenters. The van der Waals surface area contributed by atoms with Crippen LogP contribution in [-0.2, 0) is 0 Å². The van der Waals surface area contributed by atoms with Crippen LogP contribution in [0.25, 0.3) is 17.1 Å². The Labute approximate surface area is 168 Å². The first-order valence-electron chi connectivity index (χ1n) is 8.29. The minimum Gasteiger partial charge on any atom is -0.289 e. The number of carbonyl (C=O) groups excluding carboxylic acids is 1. The van der Waals surface area contributed by atoms with Gasteiger partial charge in [0.25, 0.3) is 11.6 Å². The number of carbonyl (C=O) groups is 1. The lowest BCUT2D eigenvalue weighted by atomic mass is 10.2. The molecule has 11 heteroatoms. The van der Waals surface area contributed by atoms with Crippen molar-refractivity contribution in [2.24, 2.45) is 0 Å². The number of benzene rings is 2. The van der Waals surface area contributed by atoms with Crippen molar-refractivity contribution in [3.8, 4) is 17.1 Å². The van der Waals surface area contributed by atoms with Crippen molar-refractivity contribution in [3.05, 3.63) is 81.6 Å². The highest BCUT2D eigenvalue weighted by Crippen LogP contribution is 2.25. The molecule has 0 aliphatic carbocycles. The molecule has 0 bridgehead atoms. The fraction of sp³-hybridized carbons (Fsp3) is 0. The van der Waals surface area contributed by atoms with Gasteiger partial charge in [-0.05, 0) is 24.3 Å². The number of anilines is 1. The standard InChI is InChI=1S/C18H12ClN7O3/c19-15-4-2-1-3-14(15)16-21-18(24-23-16)22-17(27)11-9-20-25(10-11)12-5-7-13(8-6-12)26(28)29/h1-10H,(H2,21,22,23,24,27). The normalized spacial score (nSPS) is 10.7. The Hall–Kier alpha value is -4.05. The highest BCUT2D eigenvalue weighted by atomic mass is 35.5. The summed E-state index contributed by atoms with van der Waals surface area (Å²) >= 11 is 6.13. The summed E-state index contributed by atoms with van der Waals surface area (Å²) in [5, 5.41) is 24.6. The Kier molecular flexibility index (Phi) is 4.75. The average molecular weight is 410 g/mol. The van der Waals surface area contributed by atoms with E-state index < -0.39 is 10.8 Å². The van der Waals surface area contributed by atoms with Gasteiger partial charge in [-0.15, -0.1) is 5.10 Å². The second kappa shape index (κ2) is 7.52. The van der Waals surface area contributed by atoms with Crippen LogP contribution in [0.3, 0.4) is 0 Å². The zero-order valence-electron chi connectivity index (χ0n) is 14.6. The first kappa shape index (κ1) is 18.3. The zero-order chi connectivity index (χ0) is 20.4. The van der Waals surface area contributed by atoms with E-state index in [0.717, 1.165) is 0 Å². The van der Waals surface area contributed by atoms with Crippen molar-refractivity contribution in [2.45, 2.75) is 0 Å². The Morgan fingerprint density at radius 3 is 2.66 bits per heavy atom. The van der Waals surface area contributed by atoms with Gasteiger partial charge in [-0.3, -0.25) is 25.3 Å². The number of aromatic amines is 1. The van der Waals surface area contributed by atoms with Gasteiger partial charge in [-0.25, -0.2) is 4.68 Å². The predicted molar refractivity (Wildman–Crippen MR) is 105 cm³/mol. The number of nitrogens with zero attached hydrogens (tertiary/aromatic N) is 5.